The lowest BCUT2D eigenvalue weighted by atomic mass is 9.88. The van der Waals surface area contributed by atoms with E-state index in [-0.39, 0.29) is 18.1 Å². The molecule has 0 saturated heterocycles. The number of anilines is 1. The van der Waals surface area contributed by atoms with Gasteiger partial charge in [-0.25, -0.2) is 5.43 Å². The molecule has 0 radical (unpaired) electrons. The van der Waals surface area contributed by atoms with Crippen LogP contribution in [0, 0.1) is 0 Å². The van der Waals surface area contributed by atoms with E-state index in [2.05, 4.69) is 54.3 Å². The van der Waals surface area contributed by atoms with Gasteiger partial charge in [0.1, 0.15) is 11.3 Å². The van der Waals surface area contributed by atoms with Crippen LogP contribution in [0.15, 0.2) is 59.8 Å². The topological polar surface area (TPSA) is 66.8 Å². The molecule has 1 aliphatic heterocycles. The summed E-state index contributed by atoms with van der Waals surface area (Å²) < 4.78 is 5.64. The molecule has 2 aromatic carbocycles. The number of aromatic nitrogens is 1. The monoisotopic (exact) mass is 448 g/mol. The summed E-state index contributed by atoms with van der Waals surface area (Å²) in [6.07, 6.45) is 5.47. The van der Waals surface area contributed by atoms with Crippen molar-refractivity contribution in [3.63, 3.8) is 0 Å². The van der Waals surface area contributed by atoms with Crippen LogP contribution in [0.3, 0.4) is 0 Å². The number of carbonyl (C=O) groups excluding carboxylic acids is 1. The van der Waals surface area contributed by atoms with Gasteiger partial charge in [-0.05, 0) is 50.6 Å². The van der Waals surface area contributed by atoms with E-state index in [9.17, 15) is 4.79 Å². The smallest absolute Gasteiger partial charge is 0.277 e. The SMILES string of the molecule is CC1=CC(C)(C)N(C)c2cc(Cl)c(/C=N\NC(=O)COc3cccc4cccnc34)cc21. The number of ether oxygens (including phenoxy) is 1. The van der Waals surface area contributed by atoms with Crippen molar-refractivity contribution in [2.24, 2.45) is 5.10 Å². The fourth-order valence-electron chi connectivity index (χ4n) is 3.83. The van der Waals surface area contributed by atoms with E-state index in [4.69, 9.17) is 16.3 Å². The van der Waals surface area contributed by atoms with Gasteiger partial charge in [-0.3, -0.25) is 9.78 Å². The number of nitrogens with one attached hydrogen (secondary N) is 1. The Labute approximate surface area is 192 Å². The highest BCUT2D eigenvalue weighted by atomic mass is 35.5. The second kappa shape index (κ2) is 8.63. The first-order chi connectivity index (χ1) is 15.3. The fraction of sp³-hybridized carbons (Fsp3) is 0.240. The third kappa shape index (κ3) is 4.32. The number of hydrogen-bond donors (Lipinski definition) is 1. The molecule has 0 unspecified atom stereocenters. The van der Waals surface area contributed by atoms with Crippen LogP contribution in [0.25, 0.3) is 16.5 Å². The van der Waals surface area contributed by atoms with E-state index in [0.29, 0.717) is 16.3 Å². The lowest BCUT2D eigenvalue weighted by molar-refractivity contribution is -0.123. The number of likely N-dealkylation sites (N-methyl/N-ethyl adjacent to an activating group) is 1. The normalized spacial score (nSPS) is 14.9. The summed E-state index contributed by atoms with van der Waals surface area (Å²) in [5.41, 5.74) is 7.17. The number of halogens is 1. The molecule has 1 N–H and O–H groups in total. The average molecular weight is 449 g/mol. The predicted molar refractivity (Wildman–Crippen MR) is 131 cm³/mol. The van der Waals surface area contributed by atoms with Crippen molar-refractivity contribution >= 4 is 45.9 Å². The standard InChI is InChI=1S/C25H25ClN4O2/c1-16-13-25(2,3)30(4)21-12-20(26)18(11-19(16)21)14-28-29-23(31)15-32-22-9-5-7-17-8-6-10-27-24(17)22/h5-14H,15H2,1-4H3,(H,29,31)/b28-14-. The second-order valence-electron chi connectivity index (χ2n) is 8.34. The van der Waals surface area contributed by atoms with Crippen molar-refractivity contribution in [1.29, 1.82) is 0 Å². The van der Waals surface area contributed by atoms with Crippen molar-refractivity contribution in [2.45, 2.75) is 26.3 Å². The first-order valence-corrected chi connectivity index (χ1v) is 10.7. The van der Waals surface area contributed by atoms with Crippen LogP contribution in [0.4, 0.5) is 5.69 Å². The summed E-state index contributed by atoms with van der Waals surface area (Å²) in [7, 11) is 2.05. The summed E-state index contributed by atoms with van der Waals surface area (Å²) in [5.74, 6) is 0.176. The molecule has 0 fully saturated rings. The van der Waals surface area contributed by atoms with E-state index in [0.717, 1.165) is 22.2 Å². The number of carbonyl (C=O) groups is 1. The number of rotatable bonds is 5. The van der Waals surface area contributed by atoms with E-state index in [1.54, 1.807) is 18.5 Å². The molecular weight excluding hydrogens is 424 g/mol. The summed E-state index contributed by atoms with van der Waals surface area (Å²) >= 11 is 6.50. The third-order valence-electron chi connectivity index (χ3n) is 5.68. The van der Waals surface area contributed by atoms with E-state index in [1.807, 2.05) is 36.4 Å². The highest BCUT2D eigenvalue weighted by molar-refractivity contribution is 6.33. The summed E-state index contributed by atoms with van der Waals surface area (Å²) in [6, 6.07) is 13.3. The van der Waals surface area contributed by atoms with Gasteiger partial charge in [0.15, 0.2) is 6.61 Å². The van der Waals surface area contributed by atoms with Crippen molar-refractivity contribution in [2.75, 3.05) is 18.6 Å². The van der Waals surface area contributed by atoms with Gasteiger partial charge in [0.05, 0.1) is 16.8 Å². The van der Waals surface area contributed by atoms with Crippen molar-refractivity contribution in [3.8, 4) is 5.75 Å². The van der Waals surface area contributed by atoms with Crippen molar-refractivity contribution < 1.29 is 9.53 Å². The predicted octanol–water partition coefficient (Wildman–Crippen LogP) is 5.05. The van der Waals surface area contributed by atoms with Crippen molar-refractivity contribution in [1.82, 2.24) is 10.4 Å². The molecule has 4 rings (SSSR count). The van der Waals surface area contributed by atoms with Crippen LogP contribution < -0.4 is 15.1 Å². The highest BCUT2D eigenvalue weighted by Gasteiger charge is 2.29. The summed E-state index contributed by atoms with van der Waals surface area (Å²) in [4.78, 5) is 18.7. The minimum absolute atomic E-state index is 0.0937. The number of para-hydroxylation sites is 1. The molecule has 3 aromatic rings. The zero-order valence-corrected chi connectivity index (χ0v) is 19.3. The molecule has 1 aromatic heterocycles. The quantitative estimate of drug-likeness (QED) is 0.438. The van der Waals surface area contributed by atoms with Crippen LogP contribution in [0.1, 0.15) is 31.9 Å². The summed E-state index contributed by atoms with van der Waals surface area (Å²) in [6.45, 7) is 6.24. The molecule has 6 nitrogen and oxygen atoms in total. The lowest BCUT2D eigenvalue weighted by Crippen LogP contribution is -2.42. The number of benzene rings is 2. The van der Waals surface area contributed by atoms with Gasteiger partial charge in [0.25, 0.3) is 5.91 Å². The number of allylic oxidation sites excluding steroid dienone is 1. The van der Waals surface area contributed by atoms with Crippen LogP contribution in [-0.2, 0) is 4.79 Å². The third-order valence-corrected chi connectivity index (χ3v) is 6.01. The maximum Gasteiger partial charge on any atom is 0.277 e. The van der Waals surface area contributed by atoms with Gasteiger partial charge in [0.2, 0.25) is 0 Å². The molecule has 0 aliphatic carbocycles. The van der Waals surface area contributed by atoms with Crippen LogP contribution in [-0.4, -0.2) is 36.3 Å². The second-order valence-corrected chi connectivity index (χ2v) is 8.75. The summed E-state index contributed by atoms with van der Waals surface area (Å²) in [5, 5.41) is 5.58. The van der Waals surface area contributed by atoms with Gasteiger partial charge >= 0.3 is 0 Å². The Morgan fingerprint density at radius 3 is 2.88 bits per heavy atom. The minimum Gasteiger partial charge on any atom is -0.481 e. The Morgan fingerprint density at radius 1 is 1.28 bits per heavy atom. The number of fused-ring (bicyclic) bond motifs is 2. The zero-order chi connectivity index (χ0) is 22.9. The molecule has 1 aliphatic rings. The Bertz CT molecular complexity index is 1240. The average Bonchev–Trinajstić information content (AvgIpc) is 2.76. The maximum absolute atomic E-state index is 12.2. The van der Waals surface area contributed by atoms with Crippen molar-refractivity contribution in [3.05, 3.63) is 70.9 Å². The molecule has 7 heteroatoms. The molecule has 0 atom stereocenters. The Kier molecular flexibility index (Phi) is 5.89. The van der Waals surface area contributed by atoms with Crippen LogP contribution in [0.5, 0.6) is 5.75 Å². The van der Waals surface area contributed by atoms with Crippen LogP contribution in [0.2, 0.25) is 5.02 Å². The van der Waals surface area contributed by atoms with Crippen LogP contribution >= 0.6 is 11.6 Å². The minimum atomic E-state index is -0.374. The number of hydrogen-bond acceptors (Lipinski definition) is 5. The van der Waals surface area contributed by atoms with Gasteiger partial charge < -0.3 is 9.64 Å². The first-order valence-electron chi connectivity index (χ1n) is 10.3. The molecule has 0 bridgehead atoms. The maximum atomic E-state index is 12.2. The Balaban J connectivity index is 1.43. The number of nitrogens with zero attached hydrogens (tertiary/aromatic N) is 3. The number of hydrazone groups is 1. The van der Waals surface area contributed by atoms with Gasteiger partial charge in [-0.1, -0.05) is 35.9 Å². The van der Waals surface area contributed by atoms with E-state index >= 15 is 0 Å². The van der Waals surface area contributed by atoms with E-state index < -0.39 is 0 Å². The molecule has 0 saturated carbocycles. The molecule has 0 spiro atoms. The first kappa shape index (κ1) is 21.8. The fourth-order valence-corrected chi connectivity index (χ4v) is 4.04. The van der Waals surface area contributed by atoms with E-state index in [1.165, 1.54) is 5.57 Å². The lowest BCUT2D eigenvalue weighted by Gasteiger charge is -2.40. The molecule has 1 amide bonds. The number of amides is 1. The van der Waals surface area contributed by atoms with Gasteiger partial charge in [0, 0.05) is 35.4 Å². The molecule has 164 valence electrons. The largest absolute Gasteiger partial charge is 0.481 e. The molecular formula is C25H25ClN4O2. The highest BCUT2D eigenvalue weighted by Crippen LogP contribution is 2.40. The van der Waals surface area contributed by atoms with Gasteiger partial charge in [-0.2, -0.15) is 5.10 Å². The van der Waals surface area contributed by atoms with Gasteiger partial charge in [-0.15, -0.1) is 0 Å². The Morgan fingerprint density at radius 2 is 2.06 bits per heavy atom. The molecule has 32 heavy (non-hydrogen) atoms. The Hall–Kier alpha value is -3.38. The molecule has 2 heterocycles. The zero-order valence-electron chi connectivity index (χ0n) is 18.5. The number of pyridine rings is 1.